The minimum atomic E-state index is -0.452. The van der Waals surface area contributed by atoms with E-state index in [1.165, 1.54) is 30.0 Å². The number of fused-ring (bicyclic) bond motifs is 3. The predicted octanol–water partition coefficient (Wildman–Crippen LogP) is 4.70. The summed E-state index contributed by atoms with van der Waals surface area (Å²) in [6, 6.07) is 19.8. The van der Waals surface area contributed by atoms with Crippen molar-refractivity contribution in [2.45, 2.75) is 11.7 Å². The summed E-state index contributed by atoms with van der Waals surface area (Å²) in [5.41, 5.74) is 2.66. The lowest BCUT2D eigenvalue weighted by atomic mass is 10.2. The first-order chi connectivity index (χ1) is 17.1. The Morgan fingerprint density at radius 2 is 1.69 bits per heavy atom. The Morgan fingerprint density at radius 3 is 2.51 bits per heavy atom. The highest BCUT2D eigenvalue weighted by molar-refractivity contribution is 7.99. The minimum Gasteiger partial charge on any atom is -0.308 e. The Labute approximate surface area is 203 Å². The van der Waals surface area contributed by atoms with E-state index in [-0.39, 0.29) is 23.0 Å². The van der Waals surface area contributed by atoms with E-state index in [2.05, 4.69) is 15.2 Å². The summed E-state index contributed by atoms with van der Waals surface area (Å²) in [4.78, 5) is 19.5. The van der Waals surface area contributed by atoms with Crippen molar-refractivity contribution in [3.8, 4) is 17.1 Å². The van der Waals surface area contributed by atoms with Gasteiger partial charge in [0, 0.05) is 18.8 Å². The number of halogens is 2. The normalized spacial score (nSPS) is 12.9. The summed E-state index contributed by atoms with van der Waals surface area (Å²) in [5, 5.41) is 8.84. The van der Waals surface area contributed by atoms with Crippen LogP contribution in [0.25, 0.3) is 28.1 Å². The smallest absolute Gasteiger partial charge is 0.239 e. The number of amides is 1. The van der Waals surface area contributed by atoms with Gasteiger partial charge >= 0.3 is 0 Å². The molecule has 0 atom stereocenters. The zero-order valence-corrected chi connectivity index (χ0v) is 19.1. The molecule has 1 aliphatic rings. The summed E-state index contributed by atoms with van der Waals surface area (Å²) < 4.78 is 31.8. The van der Waals surface area contributed by atoms with E-state index >= 15 is 0 Å². The van der Waals surface area contributed by atoms with Crippen LogP contribution in [-0.2, 0) is 11.3 Å². The number of thioether (sulfide) groups is 1. The van der Waals surface area contributed by atoms with Gasteiger partial charge in [0.25, 0.3) is 0 Å². The van der Waals surface area contributed by atoms with Gasteiger partial charge in [-0.05, 0) is 48.5 Å². The van der Waals surface area contributed by atoms with Gasteiger partial charge in [-0.1, -0.05) is 36.0 Å². The average molecular weight is 489 g/mol. The van der Waals surface area contributed by atoms with Crippen LogP contribution in [0, 0.1) is 11.6 Å². The first-order valence-electron chi connectivity index (χ1n) is 10.9. The van der Waals surface area contributed by atoms with E-state index in [0.29, 0.717) is 29.9 Å². The van der Waals surface area contributed by atoms with Crippen LogP contribution >= 0.6 is 11.8 Å². The highest BCUT2D eigenvalue weighted by Crippen LogP contribution is 2.31. The Balaban J connectivity index is 1.31. The Hall–Kier alpha value is -4.05. The number of nitrogens with zero attached hydrogens (tertiary/aromatic N) is 6. The molecule has 0 saturated carbocycles. The lowest BCUT2D eigenvalue weighted by molar-refractivity contribution is -0.116. The molecule has 0 unspecified atom stereocenters. The Kier molecular flexibility index (Phi) is 5.29. The molecule has 0 spiro atoms. The predicted molar refractivity (Wildman–Crippen MR) is 130 cm³/mol. The second kappa shape index (κ2) is 8.62. The first-order valence-corrected chi connectivity index (χ1v) is 11.9. The van der Waals surface area contributed by atoms with E-state index < -0.39 is 11.6 Å². The van der Waals surface area contributed by atoms with E-state index in [0.717, 1.165) is 11.0 Å². The van der Waals surface area contributed by atoms with Crippen molar-refractivity contribution < 1.29 is 13.6 Å². The van der Waals surface area contributed by atoms with Crippen molar-refractivity contribution in [2.75, 3.05) is 17.2 Å². The number of para-hydroxylation sites is 2. The molecule has 35 heavy (non-hydrogen) atoms. The maximum atomic E-state index is 14.6. The average Bonchev–Trinajstić information content (AvgIpc) is 3.57. The van der Waals surface area contributed by atoms with Gasteiger partial charge in [-0.25, -0.2) is 13.8 Å². The van der Waals surface area contributed by atoms with Crippen molar-refractivity contribution in [3.63, 3.8) is 0 Å². The molecule has 6 rings (SSSR count). The Bertz CT molecular complexity index is 1560. The van der Waals surface area contributed by atoms with Crippen LogP contribution in [0.2, 0.25) is 0 Å². The lowest BCUT2D eigenvalue weighted by Crippen LogP contribution is -2.31. The second-order valence-corrected chi connectivity index (χ2v) is 8.93. The van der Waals surface area contributed by atoms with Crippen molar-refractivity contribution >= 4 is 34.7 Å². The molecule has 2 aromatic heterocycles. The summed E-state index contributed by atoms with van der Waals surface area (Å²) in [6.45, 7) is 1.22. The first kappa shape index (κ1) is 21.5. The van der Waals surface area contributed by atoms with E-state index in [1.807, 2.05) is 28.8 Å². The van der Waals surface area contributed by atoms with E-state index in [1.54, 1.807) is 39.8 Å². The van der Waals surface area contributed by atoms with Gasteiger partial charge in [0.05, 0.1) is 22.3 Å². The van der Waals surface area contributed by atoms with Gasteiger partial charge in [0.15, 0.2) is 11.0 Å². The van der Waals surface area contributed by atoms with Crippen molar-refractivity contribution in [1.29, 1.82) is 0 Å². The van der Waals surface area contributed by atoms with Crippen molar-refractivity contribution in [1.82, 2.24) is 24.3 Å². The van der Waals surface area contributed by atoms with Crippen LogP contribution in [0.15, 0.2) is 78.0 Å². The zero-order valence-electron chi connectivity index (χ0n) is 18.3. The number of hydrogen-bond donors (Lipinski definition) is 0. The van der Waals surface area contributed by atoms with Crippen LogP contribution in [0.1, 0.15) is 0 Å². The maximum absolute atomic E-state index is 14.6. The monoisotopic (exact) mass is 488 g/mol. The number of carbonyl (C=O) groups excluding carboxylic acids is 1. The number of anilines is 1. The topological polar surface area (TPSA) is 68.8 Å². The van der Waals surface area contributed by atoms with Crippen LogP contribution < -0.4 is 4.90 Å². The summed E-state index contributed by atoms with van der Waals surface area (Å²) in [6.07, 6.45) is 0. The molecule has 0 radical (unpaired) electrons. The van der Waals surface area contributed by atoms with E-state index in [4.69, 9.17) is 0 Å². The summed E-state index contributed by atoms with van der Waals surface area (Å²) in [5.74, 6) is 0.0174. The van der Waals surface area contributed by atoms with Crippen molar-refractivity contribution in [2.24, 2.45) is 0 Å². The SMILES string of the molecule is O=C(CSc1nnc(-c2ccccc2F)n1-c1ccc(F)cc1)N1CCn2c1nc1ccccc12. The third kappa shape index (κ3) is 3.75. The molecule has 0 fully saturated rings. The largest absolute Gasteiger partial charge is 0.308 e. The molecule has 3 heterocycles. The third-order valence-corrected chi connectivity index (χ3v) is 6.80. The second-order valence-electron chi connectivity index (χ2n) is 7.98. The standard InChI is InChI=1S/C25H18F2N6OS/c26-16-9-11-17(12-10-16)33-23(18-5-1-2-6-19(18)27)29-30-25(33)35-15-22(34)32-14-13-31-21-8-4-3-7-20(21)28-24(31)32/h1-12H,13-15H2. The molecule has 10 heteroatoms. The fourth-order valence-electron chi connectivity index (χ4n) is 4.23. The van der Waals surface area contributed by atoms with Crippen LogP contribution in [-0.4, -0.2) is 42.5 Å². The molecule has 1 aliphatic heterocycles. The van der Waals surface area contributed by atoms with Gasteiger partial charge in [-0.3, -0.25) is 14.3 Å². The Morgan fingerprint density at radius 1 is 0.914 bits per heavy atom. The number of imidazole rings is 1. The molecule has 1 amide bonds. The van der Waals surface area contributed by atoms with Gasteiger partial charge in [-0.15, -0.1) is 10.2 Å². The number of aromatic nitrogens is 5. The molecule has 0 saturated heterocycles. The number of carbonyl (C=O) groups is 1. The quantitative estimate of drug-likeness (QED) is 0.336. The molecule has 0 N–H and O–H groups in total. The molecule has 0 bridgehead atoms. The fourth-order valence-corrected chi connectivity index (χ4v) is 5.06. The van der Waals surface area contributed by atoms with Gasteiger partial charge in [0.1, 0.15) is 11.6 Å². The van der Waals surface area contributed by atoms with Crippen molar-refractivity contribution in [3.05, 3.63) is 84.4 Å². The molecule has 0 aliphatic carbocycles. The van der Waals surface area contributed by atoms with Crippen LogP contribution in [0.4, 0.5) is 14.7 Å². The van der Waals surface area contributed by atoms with Crippen LogP contribution in [0.5, 0.6) is 0 Å². The van der Waals surface area contributed by atoms with E-state index in [9.17, 15) is 13.6 Å². The third-order valence-electron chi connectivity index (χ3n) is 5.88. The molecular weight excluding hydrogens is 470 g/mol. The number of rotatable bonds is 5. The minimum absolute atomic E-state index is 0.0831. The fraction of sp³-hybridized carbons (Fsp3) is 0.120. The molecule has 174 valence electrons. The zero-order chi connectivity index (χ0) is 23.9. The number of hydrogen-bond acceptors (Lipinski definition) is 5. The molecule has 5 aromatic rings. The van der Waals surface area contributed by atoms with Gasteiger partial charge in [0.2, 0.25) is 11.9 Å². The number of benzene rings is 3. The summed E-state index contributed by atoms with van der Waals surface area (Å²) in [7, 11) is 0. The van der Waals surface area contributed by atoms with Crippen LogP contribution in [0.3, 0.4) is 0 Å². The highest BCUT2D eigenvalue weighted by Gasteiger charge is 2.29. The summed E-state index contributed by atoms with van der Waals surface area (Å²) >= 11 is 1.19. The highest BCUT2D eigenvalue weighted by atomic mass is 32.2. The molecular formula is C25H18F2N6OS. The maximum Gasteiger partial charge on any atom is 0.239 e. The van der Waals surface area contributed by atoms with Gasteiger partial charge in [-0.2, -0.15) is 0 Å². The lowest BCUT2D eigenvalue weighted by Gasteiger charge is -2.14. The van der Waals surface area contributed by atoms with Gasteiger partial charge < -0.3 is 4.57 Å². The molecule has 3 aromatic carbocycles. The molecule has 7 nitrogen and oxygen atoms in total.